The van der Waals surface area contributed by atoms with Crippen molar-refractivity contribution in [3.63, 3.8) is 0 Å². The number of rotatable bonds is 2. The van der Waals surface area contributed by atoms with Gasteiger partial charge >= 0.3 is 6.08 Å². The fourth-order valence-corrected chi connectivity index (χ4v) is 3.00. The van der Waals surface area contributed by atoms with Gasteiger partial charge in [0.2, 0.25) is 0 Å². The first kappa shape index (κ1) is 14.8. The summed E-state index contributed by atoms with van der Waals surface area (Å²) in [6, 6.07) is 3.01. The molecule has 4 atom stereocenters. The molecule has 114 valence electrons. The molecule has 0 spiro atoms. The summed E-state index contributed by atoms with van der Waals surface area (Å²) in [5.41, 5.74) is 10.4. The van der Waals surface area contributed by atoms with E-state index in [2.05, 4.69) is 10.1 Å². The average Bonchev–Trinajstić information content (AvgIpc) is 2.95. The Morgan fingerprint density at radius 3 is 2.86 bits per heavy atom. The highest BCUT2D eigenvalue weighted by atomic mass is 127. The Labute approximate surface area is 131 Å². The molecule has 10 heteroatoms. The molecule has 3 heterocycles. The molecule has 0 aliphatic carbocycles. The summed E-state index contributed by atoms with van der Waals surface area (Å²) in [6.45, 7) is 0. The van der Waals surface area contributed by atoms with Gasteiger partial charge in [-0.25, -0.2) is 8.91 Å². The number of ether oxygens (including phenoxy) is 1. The van der Waals surface area contributed by atoms with Crippen LogP contribution in [-0.2, 0) is 4.74 Å². The predicted octanol–water partition coefficient (Wildman–Crippen LogP) is 0.311. The molecular formula is C11H12F2IN5O2. The van der Waals surface area contributed by atoms with Crippen LogP contribution in [0, 0.1) is 6.08 Å². The monoisotopic (exact) mass is 411 g/mol. The topological polar surface area (TPSA) is 112 Å². The lowest BCUT2D eigenvalue weighted by Crippen LogP contribution is -2.51. The maximum Gasteiger partial charge on any atom is 0.327 e. The fourth-order valence-electron chi connectivity index (χ4n) is 2.37. The van der Waals surface area contributed by atoms with E-state index in [1.54, 1.807) is 0 Å². The quantitative estimate of drug-likeness (QED) is 0.485. The van der Waals surface area contributed by atoms with Gasteiger partial charge in [0.05, 0.1) is 5.69 Å². The van der Waals surface area contributed by atoms with Crippen molar-refractivity contribution in [3.05, 3.63) is 23.9 Å². The third kappa shape index (κ3) is 2.17. The Kier molecular flexibility index (Phi) is 3.50. The molecule has 2 aromatic heterocycles. The van der Waals surface area contributed by atoms with Gasteiger partial charge < -0.3 is 21.3 Å². The highest BCUT2D eigenvalue weighted by molar-refractivity contribution is 14.1. The second-order valence-electron chi connectivity index (χ2n) is 4.84. The van der Waals surface area contributed by atoms with Crippen molar-refractivity contribution in [3.8, 4) is 0 Å². The zero-order chi connectivity index (χ0) is 15.4. The maximum absolute atomic E-state index is 14.3. The number of nitrogens with two attached hydrogens (primary N) is 2. The van der Waals surface area contributed by atoms with Crippen LogP contribution >= 0.6 is 22.6 Å². The van der Waals surface area contributed by atoms with Gasteiger partial charge in [0.25, 0.3) is 0 Å². The van der Waals surface area contributed by atoms with Crippen LogP contribution in [0.15, 0.2) is 12.1 Å². The maximum atomic E-state index is 14.3. The minimum Gasteiger partial charge on any atom is -0.385 e. The smallest absolute Gasteiger partial charge is 0.327 e. The minimum atomic E-state index is -1.76. The summed E-state index contributed by atoms with van der Waals surface area (Å²) < 4.78 is 34.4. The van der Waals surface area contributed by atoms with E-state index in [1.165, 1.54) is 12.1 Å². The second-order valence-corrected chi connectivity index (χ2v) is 5.60. The third-order valence-electron chi connectivity index (χ3n) is 3.48. The van der Waals surface area contributed by atoms with Crippen LogP contribution in [0.2, 0.25) is 0 Å². The Balaban J connectivity index is 2.10. The lowest BCUT2D eigenvalue weighted by atomic mass is 10.0. The normalized spacial score (nSPS) is 32.9. The first-order valence-electron chi connectivity index (χ1n) is 6.03. The minimum absolute atomic E-state index is 0.0735. The van der Waals surface area contributed by atoms with E-state index in [9.17, 15) is 13.9 Å². The molecule has 1 saturated heterocycles. The van der Waals surface area contributed by atoms with Gasteiger partial charge in [0.15, 0.2) is 17.7 Å². The largest absolute Gasteiger partial charge is 0.385 e. The summed E-state index contributed by atoms with van der Waals surface area (Å²) in [5, 5.41) is 13.5. The number of aromatic nitrogens is 3. The van der Waals surface area contributed by atoms with Crippen molar-refractivity contribution in [2.45, 2.75) is 24.1 Å². The number of halogens is 3. The van der Waals surface area contributed by atoms with Crippen molar-refractivity contribution in [2.75, 3.05) is 10.2 Å². The van der Waals surface area contributed by atoms with E-state index < -0.39 is 30.2 Å². The van der Waals surface area contributed by atoms with E-state index in [1.807, 2.05) is 22.6 Å². The van der Waals surface area contributed by atoms with Gasteiger partial charge in [-0.15, -0.1) is 5.10 Å². The van der Waals surface area contributed by atoms with Crippen LogP contribution in [0.3, 0.4) is 0 Å². The standard InChI is InChI=1S/C11H12F2IN5O2/c12-6-7(21-11(16,3-14)8(6)20)4-1-2-5-9(15)17-10(13)18-19(4)5/h1-2,6-8,20H,3,16H2,(H2,15,17,18)/t6-,7-,8-,11+/m0/s1. The highest BCUT2D eigenvalue weighted by Gasteiger charge is 2.53. The molecule has 2 aromatic rings. The summed E-state index contributed by atoms with van der Waals surface area (Å²) in [6.07, 6.45) is -5.47. The number of hydrogen-bond donors (Lipinski definition) is 3. The lowest BCUT2D eigenvalue weighted by molar-refractivity contribution is -0.0617. The number of aliphatic hydroxyl groups excluding tert-OH is 1. The van der Waals surface area contributed by atoms with E-state index in [0.29, 0.717) is 5.52 Å². The number of nitrogen functional groups attached to an aromatic ring is 1. The Morgan fingerprint density at radius 1 is 1.52 bits per heavy atom. The van der Waals surface area contributed by atoms with Crippen molar-refractivity contribution in [1.82, 2.24) is 14.6 Å². The van der Waals surface area contributed by atoms with Crippen LogP contribution in [0.5, 0.6) is 0 Å². The first-order chi connectivity index (χ1) is 9.87. The summed E-state index contributed by atoms with van der Waals surface area (Å²) >= 11 is 1.90. The molecule has 0 bridgehead atoms. The zero-order valence-electron chi connectivity index (χ0n) is 10.6. The van der Waals surface area contributed by atoms with E-state index >= 15 is 0 Å². The molecule has 5 N–H and O–H groups in total. The van der Waals surface area contributed by atoms with Crippen LogP contribution in [-0.4, -0.2) is 42.1 Å². The van der Waals surface area contributed by atoms with Gasteiger partial charge in [0, 0.05) is 4.43 Å². The average molecular weight is 411 g/mol. The number of hydrogen-bond acceptors (Lipinski definition) is 6. The van der Waals surface area contributed by atoms with Crippen LogP contribution < -0.4 is 11.5 Å². The molecule has 0 saturated carbocycles. The number of fused-ring (bicyclic) bond motifs is 1. The predicted molar refractivity (Wildman–Crippen MR) is 77.9 cm³/mol. The zero-order valence-corrected chi connectivity index (χ0v) is 12.7. The Hall–Kier alpha value is -1.11. The second kappa shape index (κ2) is 4.97. The summed E-state index contributed by atoms with van der Waals surface area (Å²) in [4.78, 5) is 3.39. The van der Waals surface area contributed by atoms with Gasteiger partial charge in [0.1, 0.15) is 17.7 Å². The van der Waals surface area contributed by atoms with E-state index in [4.69, 9.17) is 16.2 Å². The van der Waals surface area contributed by atoms with Gasteiger partial charge in [-0.2, -0.15) is 9.37 Å². The lowest BCUT2D eigenvalue weighted by Gasteiger charge is -2.24. The number of aliphatic hydroxyl groups is 1. The number of alkyl halides is 2. The molecule has 1 fully saturated rings. The van der Waals surface area contributed by atoms with Crippen molar-refractivity contribution in [2.24, 2.45) is 5.73 Å². The van der Waals surface area contributed by atoms with Gasteiger partial charge in [-0.05, 0) is 12.1 Å². The van der Waals surface area contributed by atoms with Crippen molar-refractivity contribution >= 4 is 33.9 Å². The van der Waals surface area contributed by atoms with Gasteiger partial charge in [-0.1, -0.05) is 22.6 Å². The number of nitrogens with zero attached hydrogens (tertiary/aromatic N) is 3. The van der Waals surface area contributed by atoms with Crippen molar-refractivity contribution < 1.29 is 18.6 Å². The molecule has 7 nitrogen and oxygen atoms in total. The Morgan fingerprint density at radius 2 is 2.24 bits per heavy atom. The number of anilines is 1. The molecule has 3 rings (SSSR count). The molecule has 0 radical (unpaired) electrons. The summed E-state index contributed by atoms with van der Waals surface area (Å²) in [7, 11) is 0. The third-order valence-corrected chi connectivity index (χ3v) is 4.67. The van der Waals surface area contributed by atoms with Crippen LogP contribution in [0.4, 0.5) is 14.6 Å². The van der Waals surface area contributed by atoms with E-state index in [-0.39, 0.29) is 15.9 Å². The molecule has 21 heavy (non-hydrogen) atoms. The van der Waals surface area contributed by atoms with Gasteiger partial charge in [-0.3, -0.25) is 0 Å². The molecule has 1 aliphatic rings. The molecule has 0 amide bonds. The molecular weight excluding hydrogens is 399 g/mol. The molecule has 1 aliphatic heterocycles. The van der Waals surface area contributed by atoms with Crippen LogP contribution in [0.1, 0.15) is 11.8 Å². The SMILES string of the molecule is Nc1nc(F)nn2c([C@@H]3O[C@](N)(CI)[C@@H](O)[C@H]3F)ccc12. The highest BCUT2D eigenvalue weighted by Crippen LogP contribution is 2.40. The molecule has 0 unspecified atom stereocenters. The molecule has 0 aromatic carbocycles. The van der Waals surface area contributed by atoms with Crippen molar-refractivity contribution in [1.29, 1.82) is 0 Å². The van der Waals surface area contributed by atoms with Crippen LogP contribution in [0.25, 0.3) is 5.52 Å². The summed E-state index contributed by atoms with van der Waals surface area (Å²) in [5.74, 6) is -0.0735. The fraction of sp³-hybridized carbons (Fsp3) is 0.455. The first-order valence-corrected chi connectivity index (χ1v) is 7.55. The Bertz CT molecular complexity index is 699. The van der Waals surface area contributed by atoms with E-state index in [0.717, 1.165) is 4.52 Å².